The van der Waals surface area contributed by atoms with E-state index in [1.807, 2.05) is 0 Å². The monoisotopic (exact) mass is 253 g/mol. The largest absolute Gasteiger partial charge is 0.369 e. The lowest BCUT2D eigenvalue weighted by atomic mass is 10.4. The van der Waals surface area contributed by atoms with Crippen LogP contribution in [-0.2, 0) is 4.79 Å². The van der Waals surface area contributed by atoms with Crippen molar-refractivity contribution >= 4 is 52.3 Å². The van der Waals surface area contributed by atoms with E-state index in [9.17, 15) is 4.79 Å². The van der Waals surface area contributed by atoms with Gasteiger partial charge in [0, 0.05) is 12.3 Å². The van der Waals surface area contributed by atoms with E-state index in [2.05, 4.69) is 5.32 Å². The van der Waals surface area contributed by atoms with Gasteiger partial charge in [0.25, 0.3) is 0 Å². The van der Waals surface area contributed by atoms with E-state index in [0.717, 1.165) is 0 Å². The Labute approximate surface area is 89.9 Å². The Balaban J connectivity index is 3.84. The number of amides is 1. The Morgan fingerprint density at radius 1 is 1.50 bits per heavy atom. The first kappa shape index (κ1) is 12.6. The van der Waals surface area contributed by atoms with Gasteiger partial charge < -0.3 is 10.4 Å². The maximum absolute atomic E-state index is 10.8. The Hall–Kier alpha value is 0.590. The highest BCUT2D eigenvalue weighted by Crippen LogP contribution is 2.28. The summed E-state index contributed by atoms with van der Waals surface area (Å²) in [4.78, 5) is 10.8. The molecule has 0 aliphatic heterocycles. The number of hydrogen-bond donors (Lipinski definition) is 2. The van der Waals surface area contributed by atoms with E-state index in [0.29, 0.717) is 0 Å². The van der Waals surface area contributed by atoms with Gasteiger partial charge in [-0.05, 0) is 0 Å². The minimum absolute atomic E-state index is 0.0688. The number of halogens is 4. The van der Waals surface area contributed by atoms with Crippen molar-refractivity contribution in [1.29, 1.82) is 0 Å². The lowest BCUT2D eigenvalue weighted by molar-refractivity contribution is -0.123. The quantitative estimate of drug-likeness (QED) is 0.591. The first-order valence-electron chi connectivity index (χ1n) is 2.98. The molecule has 0 aromatic rings. The SMILES string of the molecule is O=C(CCCl)NC(O)C(Cl)(Cl)Cl. The lowest BCUT2D eigenvalue weighted by Gasteiger charge is -2.19. The fourth-order valence-electron chi connectivity index (χ4n) is 0.392. The standard InChI is InChI=1S/C5H7Cl4NO2/c6-2-1-3(11)10-4(12)5(7,8)9/h4,12H,1-2H2,(H,10,11). The third-order valence-corrected chi connectivity index (χ3v) is 1.74. The van der Waals surface area contributed by atoms with Gasteiger partial charge in [-0.15, -0.1) is 11.6 Å². The topological polar surface area (TPSA) is 49.3 Å². The van der Waals surface area contributed by atoms with Gasteiger partial charge in [0.05, 0.1) is 0 Å². The number of carbonyl (C=O) groups excluding carboxylic acids is 1. The first-order chi connectivity index (χ1) is 5.38. The van der Waals surface area contributed by atoms with Gasteiger partial charge in [-0.1, -0.05) is 34.8 Å². The van der Waals surface area contributed by atoms with Crippen molar-refractivity contribution in [3.63, 3.8) is 0 Å². The van der Waals surface area contributed by atoms with Crippen molar-refractivity contribution in [2.75, 3.05) is 5.88 Å². The molecule has 0 aliphatic carbocycles. The predicted octanol–water partition coefficient (Wildman–Crippen LogP) is 1.42. The molecule has 0 bridgehead atoms. The van der Waals surface area contributed by atoms with E-state index in [1.165, 1.54) is 0 Å². The predicted molar refractivity (Wildman–Crippen MR) is 49.8 cm³/mol. The summed E-state index contributed by atoms with van der Waals surface area (Å²) in [5.41, 5.74) is 0. The van der Waals surface area contributed by atoms with Crippen LogP contribution in [0.4, 0.5) is 0 Å². The van der Waals surface area contributed by atoms with Crippen molar-refractivity contribution in [2.45, 2.75) is 16.4 Å². The van der Waals surface area contributed by atoms with Gasteiger partial charge in [0.15, 0.2) is 6.23 Å². The van der Waals surface area contributed by atoms with Crippen LogP contribution in [0.25, 0.3) is 0 Å². The normalized spacial score (nSPS) is 14.1. The third-order valence-electron chi connectivity index (χ3n) is 0.929. The summed E-state index contributed by atoms with van der Waals surface area (Å²) in [7, 11) is 0. The smallest absolute Gasteiger partial charge is 0.234 e. The summed E-state index contributed by atoms with van der Waals surface area (Å²) in [6.45, 7) is 0. The first-order valence-corrected chi connectivity index (χ1v) is 4.65. The maximum Gasteiger partial charge on any atom is 0.234 e. The van der Waals surface area contributed by atoms with E-state index < -0.39 is 15.9 Å². The molecule has 1 unspecified atom stereocenters. The Bertz CT molecular complexity index is 158. The van der Waals surface area contributed by atoms with Gasteiger partial charge in [-0.2, -0.15) is 0 Å². The molecule has 0 aliphatic rings. The molecule has 0 spiro atoms. The molecule has 0 radical (unpaired) electrons. The zero-order chi connectivity index (χ0) is 9.78. The number of hydrogen-bond acceptors (Lipinski definition) is 2. The molecule has 7 heteroatoms. The second-order valence-electron chi connectivity index (χ2n) is 1.95. The highest BCUT2D eigenvalue weighted by Gasteiger charge is 2.31. The average Bonchev–Trinajstić information content (AvgIpc) is 1.85. The Morgan fingerprint density at radius 2 is 2.00 bits per heavy atom. The van der Waals surface area contributed by atoms with Crippen LogP contribution in [0.2, 0.25) is 0 Å². The number of aliphatic hydroxyl groups excluding tert-OH is 1. The van der Waals surface area contributed by atoms with Gasteiger partial charge in [0.2, 0.25) is 9.70 Å². The van der Waals surface area contributed by atoms with Crippen molar-refractivity contribution in [1.82, 2.24) is 5.32 Å². The van der Waals surface area contributed by atoms with Crippen LogP contribution < -0.4 is 5.32 Å². The van der Waals surface area contributed by atoms with Crippen molar-refractivity contribution in [3.05, 3.63) is 0 Å². The van der Waals surface area contributed by atoms with Gasteiger partial charge >= 0.3 is 0 Å². The lowest BCUT2D eigenvalue weighted by Crippen LogP contribution is -2.43. The molecule has 12 heavy (non-hydrogen) atoms. The van der Waals surface area contributed by atoms with Gasteiger partial charge in [0.1, 0.15) is 0 Å². The fraction of sp³-hybridized carbons (Fsp3) is 0.800. The number of nitrogens with one attached hydrogen (secondary N) is 1. The summed E-state index contributed by atoms with van der Waals surface area (Å²) in [5, 5.41) is 11.1. The maximum atomic E-state index is 10.8. The van der Waals surface area contributed by atoms with Crippen LogP contribution in [-0.4, -0.2) is 26.9 Å². The molecule has 2 N–H and O–H groups in total. The zero-order valence-corrected chi connectivity index (χ0v) is 8.88. The molecule has 0 aromatic carbocycles. The molecule has 0 saturated carbocycles. The molecule has 1 amide bonds. The summed E-state index contributed by atoms with van der Waals surface area (Å²) < 4.78 is -1.91. The molecule has 72 valence electrons. The molecule has 0 rings (SSSR count). The van der Waals surface area contributed by atoms with Crippen molar-refractivity contribution < 1.29 is 9.90 Å². The van der Waals surface area contributed by atoms with E-state index in [4.69, 9.17) is 51.5 Å². The van der Waals surface area contributed by atoms with Crippen LogP contribution in [0.3, 0.4) is 0 Å². The van der Waals surface area contributed by atoms with Gasteiger partial charge in [-0.25, -0.2) is 0 Å². The number of alkyl halides is 4. The minimum Gasteiger partial charge on any atom is -0.369 e. The van der Waals surface area contributed by atoms with Crippen LogP contribution in [0, 0.1) is 0 Å². The molecule has 3 nitrogen and oxygen atoms in total. The average molecular weight is 255 g/mol. The highest BCUT2D eigenvalue weighted by atomic mass is 35.6. The van der Waals surface area contributed by atoms with Crippen LogP contribution in [0.5, 0.6) is 0 Å². The number of aliphatic hydroxyl groups is 1. The van der Waals surface area contributed by atoms with Crippen molar-refractivity contribution in [2.24, 2.45) is 0 Å². The summed E-state index contributed by atoms with van der Waals surface area (Å²) in [6, 6.07) is 0. The van der Waals surface area contributed by atoms with Crippen LogP contribution >= 0.6 is 46.4 Å². The van der Waals surface area contributed by atoms with E-state index >= 15 is 0 Å². The van der Waals surface area contributed by atoms with Crippen LogP contribution in [0.15, 0.2) is 0 Å². The fourth-order valence-corrected chi connectivity index (χ4v) is 0.728. The third kappa shape index (κ3) is 5.27. The minimum atomic E-state index is -1.91. The van der Waals surface area contributed by atoms with Crippen molar-refractivity contribution in [3.8, 4) is 0 Å². The van der Waals surface area contributed by atoms with E-state index in [1.54, 1.807) is 0 Å². The van der Waals surface area contributed by atoms with Gasteiger partial charge in [-0.3, -0.25) is 4.79 Å². The second kappa shape index (κ2) is 5.35. The molecule has 0 fully saturated rings. The summed E-state index contributed by atoms with van der Waals surface area (Å²) in [5.74, 6) is -0.317. The molecule has 0 aromatic heterocycles. The molecule has 0 saturated heterocycles. The zero-order valence-electron chi connectivity index (χ0n) is 5.86. The highest BCUT2D eigenvalue weighted by molar-refractivity contribution is 6.68. The molecular formula is C5H7Cl4NO2. The number of rotatable bonds is 3. The van der Waals surface area contributed by atoms with E-state index in [-0.39, 0.29) is 12.3 Å². The Morgan fingerprint density at radius 3 is 2.33 bits per heavy atom. The summed E-state index contributed by atoms with van der Waals surface area (Å²) >= 11 is 21.0. The Kier molecular flexibility index (Phi) is 5.61. The van der Waals surface area contributed by atoms with Crippen LogP contribution in [0.1, 0.15) is 6.42 Å². The summed E-state index contributed by atoms with van der Waals surface area (Å²) in [6.07, 6.45) is -1.45. The number of carbonyl (C=O) groups is 1. The second-order valence-corrected chi connectivity index (χ2v) is 4.70. The molecule has 0 heterocycles. The molecule has 1 atom stereocenters. The molecular weight excluding hydrogens is 248 g/mol.